The summed E-state index contributed by atoms with van der Waals surface area (Å²) in [6.07, 6.45) is 35.7. The van der Waals surface area contributed by atoms with Crippen molar-refractivity contribution < 1.29 is 40.8 Å². The third-order valence-electron chi connectivity index (χ3n) is 4.23. The van der Waals surface area contributed by atoms with Crippen LogP contribution in [0, 0.1) is 25.1 Å². The van der Waals surface area contributed by atoms with Gasteiger partial charge in [-0.3, -0.25) is 9.59 Å². The van der Waals surface area contributed by atoms with Gasteiger partial charge in [0.05, 0.1) is 0 Å². The molecular formula is C36H54FeN2O5. The molecule has 0 aliphatic heterocycles. The number of carbonyl (C=O) groups excluding carboxylic acids is 3. The smallest absolute Gasteiger partial charge is 0 e. The second-order valence-corrected chi connectivity index (χ2v) is 9.15. The van der Waals surface area contributed by atoms with Crippen LogP contribution in [-0.4, -0.2) is 31.2 Å². The number of amides is 2. The predicted molar refractivity (Wildman–Crippen MR) is 178 cm³/mol. The van der Waals surface area contributed by atoms with Gasteiger partial charge in [-0.05, 0) is 70.4 Å². The Kier molecular flexibility index (Phi) is 63.0. The van der Waals surface area contributed by atoms with Gasteiger partial charge in [-0.2, -0.15) is 0 Å². The van der Waals surface area contributed by atoms with Gasteiger partial charge in [-0.25, -0.2) is 0 Å². The monoisotopic (exact) mass is 650 g/mol. The molecule has 0 rings (SSSR count). The molecule has 7 nitrogen and oxygen atoms in total. The number of nitrogens with one attached hydrogen (secondary N) is 2. The third-order valence-corrected chi connectivity index (χ3v) is 4.23. The van der Waals surface area contributed by atoms with Crippen molar-refractivity contribution in [2.24, 2.45) is 11.8 Å². The average molecular weight is 651 g/mol. The van der Waals surface area contributed by atoms with Crippen LogP contribution in [0.2, 0.25) is 0 Å². The summed E-state index contributed by atoms with van der Waals surface area (Å²) in [4.78, 5) is 31.4. The molecule has 0 aromatic heterocycles. The largest absolute Gasteiger partial charge is 0 e. The van der Waals surface area contributed by atoms with Gasteiger partial charge < -0.3 is 15.4 Å². The first-order valence-corrected chi connectivity index (χ1v) is 14.3. The van der Waals surface area contributed by atoms with Crippen LogP contribution in [0.1, 0.15) is 74.1 Å². The Balaban J connectivity index is -0.000000133. The molecule has 44 heavy (non-hydrogen) atoms. The van der Waals surface area contributed by atoms with Crippen molar-refractivity contribution in [3.05, 3.63) is 111 Å². The van der Waals surface area contributed by atoms with Crippen molar-refractivity contribution in [1.82, 2.24) is 10.6 Å². The molecule has 0 heterocycles. The van der Waals surface area contributed by atoms with E-state index in [2.05, 4.69) is 63.8 Å². The molecule has 0 spiro atoms. The van der Waals surface area contributed by atoms with Crippen LogP contribution < -0.4 is 10.6 Å². The van der Waals surface area contributed by atoms with Crippen LogP contribution in [0.5, 0.6) is 0 Å². The first-order valence-electron chi connectivity index (χ1n) is 14.3. The van der Waals surface area contributed by atoms with Crippen LogP contribution >= 0.6 is 0 Å². The molecule has 0 fully saturated rings. The molecule has 0 radical (unpaired) electrons. The second-order valence-electron chi connectivity index (χ2n) is 9.15. The molecule has 2 amide bonds. The minimum absolute atomic E-state index is 0. The maximum atomic E-state index is 11.3. The zero-order chi connectivity index (χ0) is 34.0. The van der Waals surface area contributed by atoms with Gasteiger partial charge in [-0.1, -0.05) is 113 Å². The fourth-order valence-corrected chi connectivity index (χ4v) is 2.32. The minimum atomic E-state index is 0. The molecule has 0 bridgehead atoms. The van der Waals surface area contributed by atoms with Crippen LogP contribution in [-0.2, 0) is 40.8 Å². The Morgan fingerprint density at radius 3 is 1.11 bits per heavy atom. The summed E-state index contributed by atoms with van der Waals surface area (Å²) in [5, 5.41) is 5.69. The van der Waals surface area contributed by atoms with Crippen LogP contribution in [0.25, 0.3) is 0 Å². The van der Waals surface area contributed by atoms with E-state index in [1.165, 1.54) is 6.92 Å². The maximum absolute atomic E-state index is 11.3. The second kappa shape index (κ2) is 52.2. The first kappa shape index (κ1) is 53.1. The fourth-order valence-electron chi connectivity index (χ4n) is 2.32. The van der Waals surface area contributed by atoms with Gasteiger partial charge in [0, 0.05) is 30.2 Å². The quantitative estimate of drug-likeness (QED) is 0.0339. The fraction of sp³-hybridized carbons (Fsp3) is 0.417. The van der Waals surface area contributed by atoms with E-state index in [0.29, 0.717) is 11.8 Å². The van der Waals surface area contributed by atoms with E-state index in [-0.39, 0.29) is 28.9 Å². The van der Waals surface area contributed by atoms with Crippen molar-refractivity contribution >= 4 is 18.1 Å². The van der Waals surface area contributed by atoms with Crippen LogP contribution in [0.4, 0.5) is 0 Å². The van der Waals surface area contributed by atoms with Gasteiger partial charge in [0.1, 0.15) is 6.29 Å². The van der Waals surface area contributed by atoms with Crippen LogP contribution in [0.15, 0.2) is 97.2 Å². The predicted octanol–water partition coefficient (Wildman–Crippen LogP) is 7.69. The van der Waals surface area contributed by atoms with Gasteiger partial charge >= 0.3 is 22.6 Å². The number of hydrogen-bond acceptors (Lipinski definition) is 3. The molecule has 2 N–H and O–H groups in total. The van der Waals surface area contributed by atoms with Gasteiger partial charge in [0.25, 0.3) is 0 Å². The normalized spacial score (nSPS) is 10.8. The molecule has 8 heteroatoms. The molecule has 246 valence electrons. The van der Waals surface area contributed by atoms with Crippen molar-refractivity contribution in [2.45, 2.75) is 74.1 Å². The Morgan fingerprint density at radius 2 is 0.841 bits per heavy atom. The van der Waals surface area contributed by atoms with E-state index in [0.717, 1.165) is 45.1 Å². The topological polar surface area (TPSA) is 115 Å². The summed E-state index contributed by atoms with van der Waals surface area (Å²) in [5.74, 6) is 0.991. The summed E-state index contributed by atoms with van der Waals surface area (Å²) in [5.41, 5.74) is 0. The Bertz CT molecular complexity index is 847. The van der Waals surface area contributed by atoms with Crippen molar-refractivity contribution in [3.63, 3.8) is 0 Å². The Morgan fingerprint density at radius 1 is 0.568 bits per heavy atom. The summed E-state index contributed by atoms with van der Waals surface area (Å²) >= 11 is 0. The molecule has 0 unspecified atom stereocenters. The van der Waals surface area contributed by atoms with E-state index >= 15 is 0 Å². The van der Waals surface area contributed by atoms with E-state index in [4.69, 9.17) is 14.1 Å². The average Bonchev–Trinajstić information content (AvgIpc) is 3.00. The van der Waals surface area contributed by atoms with Crippen LogP contribution in [0.3, 0.4) is 0 Å². The van der Waals surface area contributed by atoms with Gasteiger partial charge in [-0.15, -0.1) is 0 Å². The molecule has 0 aliphatic rings. The molecule has 0 atom stereocenters. The number of unbranched alkanes of at least 4 members (excludes halogenated alkanes) is 2. The molecule has 0 aromatic carbocycles. The summed E-state index contributed by atoms with van der Waals surface area (Å²) in [7, 11) is 0. The molecule has 0 aliphatic carbocycles. The third kappa shape index (κ3) is 66.7. The molecule has 0 aromatic rings. The van der Waals surface area contributed by atoms with E-state index in [1.807, 2.05) is 86.8 Å². The van der Waals surface area contributed by atoms with Gasteiger partial charge in [0.2, 0.25) is 11.8 Å². The maximum Gasteiger partial charge on any atom is 0 e. The minimum Gasteiger partial charge on any atom is 0 e. The van der Waals surface area contributed by atoms with E-state index < -0.39 is 0 Å². The van der Waals surface area contributed by atoms with Gasteiger partial charge in [0.15, 0.2) is 0 Å². The number of aldehydes is 1. The zero-order valence-corrected chi connectivity index (χ0v) is 28.7. The van der Waals surface area contributed by atoms with E-state index in [1.54, 1.807) is 12.2 Å². The van der Waals surface area contributed by atoms with E-state index in [9.17, 15) is 9.59 Å². The van der Waals surface area contributed by atoms with Crippen molar-refractivity contribution in [3.8, 4) is 0 Å². The SMILES string of the molecule is C/C=C/C=C/C=C\CC/C=C/C(=O)NCC(C)C.C/C=C/C=C/C=C\CC/C=C/C(=O)NCC(C)C.CC=O.[C-]#[O+].[C-]#[O+].[Fe]. The molecular weight excluding hydrogens is 596 g/mol. The zero-order valence-electron chi connectivity index (χ0n) is 27.6. The summed E-state index contributed by atoms with van der Waals surface area (Å²) in [6, 6.07) is 0. The standard InChI is InChI=1S/2C16H25NO.C2H4O.2CO.Fe/c2*1-4-5-6-7-8-9-10-11-12-13-16(18)17-14-15(2)3;1-2-3;2*1-2;/h2*4-9,12-13,15H,10-11,14H2,1-3H3,(H,17,18);2H,1H3;;;/b2*5-4+,7-6+,9-8-,13-12+;;;;. The van der Waals surface area contributed by atoms with Crippen molar-refractivity contribution in [1.29, 1.82) is 0 Å². The summed E-state index contributed by atoms with van der Waals surface area (Å²) in [6.45, 7) is 24.2. The number of allylic oxidation sites excluding steroid dienone is 14. The Labute approximate surface area is 278 Å². The van der Waals surface area contributed by atoms with Crippen molar-refractivity contribution in [2.75, 3.05) is 13.1 Å². The molecule has 0 saturated carbocycles. The number of hydrogen-bond donors (Lipinski definition) is 2. The first-order chi connectivity index (χ1) is 20.7. The number of carbonyl (C=O) groups is 3. The molecule has 0 saturated heterocycles. The Hall–Kier alpha value is -3.47. The summed E-state index contributed by atoms with van der Waals surface area (Å²) < 4.78 is 15.0. The number of rotatable bonds is 16.